The maximum atomic E-state index is 14.1. The Labute approximate surface area is 207 Å². The van der Waals surface area contributed by atoms with Crippen LogP contribution in [-0.4, -0.2) is 39.0 Å². The van der Waals surface area contributed by atoms with E-state index in [4.69, 9.17) is 9.98 Å². The third kappa shape index (κ3) is 4.61. The van der Waals surface area contributed by atoms with E-state index in [1.54, 1.807) is 12.1 Å². The van der Waals surface area contributed by atoms with Crippen molar-refractivity contribution in [3.05, 3.63) is 95.8 Å². The molecule has 2 aliphatic heterocycles. The summed E-state index contributed by atoms with van der Waals surface area (Å²) in [6, 6.07) is 22.8. The highest BCUT2D eigenvalue weighted by atomic mass is 32.2. The van der Waals surface area contributed by atoms with Gasteiger partial charge in [0.15, 0.2) is 5.17 Å². The van der Waals surface area contributed by atoms with Gasteiger partial charge < -0.3 is 5.32 Å². The van der Waals surface area contributed by atoms with Crippen molar-refractivity contribution >= 4 is 46.0 Å². The van der Waals surface area contributed by atoms with E-state index in [0.717, 1.165) is 11.1 Å². The van der Waals surface area contributed by atoms with Crippen molar-refractivity contribution in [3.63, 3.8) is 0 Å². The van der Waals surface area contributed by atoms with E-state index in [9.17, 15) is 14.0 Å². The summed E-state index contributed by atoms with van der Waals surface area (Å²) in [4.78, 5) is 37.5. The number of amides is 2. The average Bonchev–Trinajstić information content (AvgIpc) is 3.20. The van der Waals surface area contributed by atoms with Gasteiger partial charge in [-0.25, -0.2) is 14.3 Å². The average molecular weight is 487 g/mol. The van der Waals surface area contributed by atoms with Crippen molar-refractivity contribution in [3.8, 4) is 0 Å². The number of carbonyl (C=O) groups excluding carboxylic acids is 2. The maximum Gasteiger partial charge on any atom is 0.259 e. The van der Waals surface area contributed by atoms with Gasteiger partial charge in [-0.15, -0.1) is 0 Å². The van der Waals surface area contributed by atoms with Crippen molar-refractivity contribution in [1.29, 1.82) is 0 Å². The second-order valence-corrected chi connectivity index (χ2v) is 9.40. The Morgan fingerprint density at radius 3 is 2.54 bits per heavy atom. The molecule has 8 heteroatoms. The molecule has 0 fully saturated rings. The van der Waals surface area contributed by atoms with Crippen LogP contribution in [0.4, 0.5) is 15.8 Å². The highest BCUT2D eigenvalue weighted by molar-refractivity contribution is 8.15. The monoisotopic (exact) mass is 486 g/mol. The number of fused-ring (bicyclic) bond motifs is 3. The first-order valence-electron chi connectivity index (χ1n) is 11.4. The van der Waals surface area contributed by atoms with Crippen LogP contribution in [0.1, 0.15) is 24.5 Å². The van der Waals surface area contributed by atoms with Crippen LogP contribution in [0, 0.1) is 5.82 Å². The Balaban J connectivity index is 1.43. The van der Waals surface area contributed by atoms with Crippen LogP contribution >= 0.6 is 11.8 Å². The SMILES string of the molecule is CC[C@H](SC1=Nc2ccccc2C2=N[C@@H](Cc3ccccc3)C(=O)N12)C(=O)Nc1ccccc1F. The smallest absolute Gasteiger partial charge is 0.259 e. The molecule has 0 spiro atoms. The zero-order valence-electron chi connectivity index (χ0n) is 19.0. The lowest BCUT2D eigenvalue weighted by atomic mass is 10.1. The van der Waals surface area contributed by atoms with Crippen molar-refractivity contribution < 1.29 is 14.0 Å². The molecule has 3 aromatic carbocycles. The van der Waals surface area contributed by atoms with E-state index in [0.29, 0.717) is 29.5 Å². The molecule has 176 valence electrons. The first-order valence-corrected chi connectivity index (χ1v) is 12.3. The van der Waals surface area contributed by atoms with Crippen LogP contribution in [0.3, 0.4) is 0 Å². The lowest BCUT2D eigenvalue weighted by molar-refractivity contribution is -0.124. The first kappa shape index (κ1) is 23.0. The van der Waals surface area contributed by atoms with E-state index < -0.39 is 17.1 Å². The third-order valence-electron chi connectivity index (χ3n) is 5.86. The largest absolute Gasteiger partial charge is 0.323 e. The van der Waals surface area contributed by atoms with Crippen molar-refractivity contribution in [2.24, 2.45) is 9.98 Å². The summed E-state index contributed by atoms with van der Waals surface area (Å²) in [5.74, 6) is -0.477. The van der Waals surface area contributed by atoms with Gasteiger partial charge in [0.25, 0.3) is 5.91 Å². The Hall–Kier alpha value is -3.78. The molecular formula is C27H23FN4O2S. The Kier molecular flexibility index (Phi) is 6.46. The van der Waals surface area contributed by atoms with Gasteiger partial charge in [0, 0.05) is 12.0 Å². The number of benzene rings is 3. The fraction of sp³-hybridized carbons (Fsp3) is 0.185. The molecule has 0 radical (unpaired) electrons. The standard InChI is InChI=1S/C27H23FN4O2S/c1-2-23(25(33)30-21-15-9-7-13-19(21)28)35-27-31-20-14-8-6-12-18(20)24-29-22(26(34)32(24)27)16-17-10-4-3-5-11-17/h3-15,22-23H,2,16H2,1H3,(H,30,33)/t22-,23-/m0/s1. The van der Waals surface area contributed by atoms with Gasteiger partial charge in [0.1, 0.15) is 17.7 Å². The molecule has 0 aliphatic carbocycles. The number of hydrogen-bond donors (Lipinski definition) is 1. The van der Waals surface area contributed by atoms with Gasteiger partial charge in [-0.05, 0) is 36.2 Å². The number of nitrogens with zero attached hydrogens (tertiary/aromatic N) is 3. The molecule has 1 N–H and O–H groups in total. The number of carbonyl (C=O) groups is 2. The number of thioether (sulfide) groups is 1. The van der Waals surface area contributed by atoms with Crippen molar-refractivity contribution in [1.82, 2.24) is 4.90 Å². The van der Waals surface area contributed by atoms with Crippen LogP contribution in [0.15, 0.2) is 88.8 Å². The van der Waals surface area contributed by atoms with Gasteiger partial charge in [-0.2, -0.15) is 0 Å². The van der Waals surface area contributed by atoms with Crippen molar-refractivity contribution in [2.45, 2.75) is 31.1 Å². The van der Waals surface area contributed by atoms with Gasteiger partial charge in [-0.3, -0.25) is 14.6 Å². The molecule has 0 saturated carbocycles. The number of rotatable bonds is 6. The molecule has 0 aromatic heterocycles. The molecule has 0 unspecified atom stereocenters. The summed E-state index contributed by atoms with van der Waals surface area (Å²) < 4.78 is 14.1. The van der Waals surface area contributed by atoms with Gasteiger partial charge in [-0.1, -0.05) is 73.3 Å². The van der Waals surface area contributed by atoms with Gasteiger partial charge >= 0.3 is 0 Å². The van der Waals surface area contributed by atoms with Crippen LogP contribution < -0.4 is 5.32 Å². The summed E-state index contributed by atoms with van der Waals surface area (Å²) in [6.45, 7) is 1.87. The maximum absolute atomic E-state index is 14.1. The quantitative estimate of drug-likeness (QED) is 0.522. The first-order chi connectivity index (χ1) is 17.0. The normalized spacial score (nSPS) is 17.3. The second kappa shape index (κ2) is 9.84. The second-order valence-electron chi connectivity index (χ2n) is 8.23. The number of para-hydroxylation sites is 2. The van der Waals surface area contributed by atoms with Crippen LogP contribution in [-0.2, 0) is 16.0 Å². The van der Waals surface area contributed by atoms with E-state index >= 15 is 0 Å². The van der Waals surface area contributed by atoms with E-state index in [1.165, 1.54) is 28.8 Å². The lowest BCUT2D eigenvalue weighted by Gasteiger charge is -2.27. The molecule has 2 amide bonds. The zero-order valence-corrected chi connectivity index (χ0v) is 19.8. The fourth-order valence-corrected chi connectivity index (χ4v) is 5.10. The topological polar surface area (TPSA) is 74.1 Å². The number of amidine groups is 2. The van der Waals surface area contributed by atoms with Crippen LogP contribution in [0.25, 0.3) is 0 Å². The summed E-state index contributed by atoms with van der Waals surface area (Å²) in [6.07, 6.45) is 0.943. The lowest BCUT2D eigenvalue weighted by Crippen LogP contribution is -2.42. The molecule has 2 heterocycles. The fourth-order valence-electron chi connectivity index (χ4n) is 4.08. The summed E-state index contributed by atoms with van der Waals surface area (Å²) >= 11 is 1.19. The van der Waals surface area contributed by atoms with E-state index in [2.05, 4.69) is 5.32 Å². The van der Waals surface area contributed by atoms with Crippen molar-refractivity contribution in [2.75, 3.05) is 5.32 Å². The Morgan fingerprint density at radius 2 is 1.77 bits per heavy atom. The molecule has 2 atom stereocenters. The van der Waals surface area contributed by atoms with Crippen LogP contribution in [0.5, 0.6) is 0 Å². The van der Waals surface area contributed by atoms with E-state index in [-0.39, 0.29) is 17.5 Å². The molecule has 3 aromatic rings. The minimum absolute atomic E-state index is 0.120. The molecule has 6 nitrogen and oxygen atoms in total. The summed E-state index contributed by atoms with van der Waals surface area (Å²) in [7, 11) is 0. The Bertz CT molecular complexity index is 1340. The highest BCUT2D eigenvalue weighted by Gasteiger charge is 2.42. The number of hydrogen-bond acceptors (Lipinski definition) is 5. The summed E-state index contributed by atoms with van der Waals surface area (Å²) in [5.41, 5.74) is 2.62. The van der Waals surface area contributed by atoms with Gasteiger partial charge in [0.05, 0.1) is 16.6 Å². The highest BCUT2D eigenvalue weighted by Crippen LogP contribution is 2.36. The predicted molar refractivity (Wildman–Crippen MR) is 138 cm³/mol. The molecule has 0 saturated heterocycles. The molecular weight excluding hydrogens is 463 g/mol. The Morgan fingerprint density at radius 1 is 1.06 bits per heavy atom. The number of nitrogens with one attached hydrogen (secondary N) is 1. The predicted octanol–water partition coefficient (Wildman–Crippen LogP) is 5.18. The number of anilines is 1. The molecule has 35 heavy (non-hydrogen) atoms. The summed E-state index contributed by atoms with van der Waals surface area (Å²) in [5, 5.41) is 2.48. The minimum Gasteiger partial charge on any atom is -0.323 e. The van der Waals surface area contributed by atoms with Crippen LogP contribution in [0.2, 0.25) is 0 Å². The third-order valence-corrected chi connectivity index (χ3v) is 7.18. The van der Waals surface area contributed by atoms with Gasteiger partial charge in [0.2, 0.25) is 5.91 Å². The number of halogens is 1. The number of aliphatic imine (C=N–C) groups is 2. The zero-order chi connectivity index (χ0) is 24.4. The molecule has 5 rings (SSSR count). The molecule has 0 bridgehead atoms. The van der Waals surface area contributed by atoms with E-state index in [1.807, 2.05) is 61.5 Å². The minimum atomic E-state index is -0.583. The molecule has 2 aliphatic rings.